The molecule has 0 atom stereocenters. The van der Waals surface area contributed by atoms with Gasteiger partial charge in [-0.25, -0.2) is 4.79 Å². The van der Waals surface area contributed by atoms with Crippen molar-refractivity contribution in [3.63, 3.8) is 0 Å². The van der Waals surface area contributed by atoms with Crippen LogP contribution in [0, 0.1) is 0 Å². The maximum atomic E-state index is 11.1. The maximum Gasteiger partial charge on any atom is 0.331 e. The highest BCUT2D eigenvalue weighted by Gasteiger charge is 2.15. The molecule has 0 amide bonds. The number of hydrogen-bond acceptors (Lipinski definition) is 5. The minimum absolute atomic E-state index is 0.319. The number of nitrogens with zero attached hydrogens (tertiary/aromatic N) is 2. The van der Waals surface area contributed by atoms with Crippen LogP contribution in [0.2, 0.25) is 0 Å². The highest BCUT2D eigenvalue weighted by atomic mass is 16.5. The Balaban J connectivity index is 1.90. The van der Waals surface area contributed by atoms with Crippen LogP contribution < -0.4 is 9.64 Å². The van der Waals surface area contributed by atoms with Crippen LogP contribution in [0.1, 0.15) is 0 Å². The van der Waals surface area contributed by atoms with Crippen LogP contribution in [0.4, 0.5) is 5.69 Å². The summed E-state index contributed by atoms with van der Waals surface area (Å²) in [4.78, 5) is 15.5. The summed E-state index contributed by atoms with van der Waals surface area (Å²) >= 11 is 0. The number of hydrogen-bond donors (Lipinski definition) is 0. The molecule has 0 unspecified atom stereocenters. The van der Waals surface area contributed by atoms with Crippen molar-refractivity contribution in [2.75, 3.05) is 45.3 Å². The fourth-order valence-electron chi connectivity index (χ4n) is 2.17. The van der Waals surface area contributed by atoms with Gasteiger partial charge in [0.05, 0.1) is 14.2 Å². The molecule has 1 aromatic carbocycles. The van der Waals surface area contributed by atoms with Gasteiger partial charge in [-0.1, -0.05) is 6.07 Å². The minimum Gasteiger partial charge on any atom is -0.497 e. The van der Waals surface area contributed by atoms with E-state index < -0.39 is 0 Å². The lowest BCUT2D eigenvalue weighted by Gasteiger charge is -2.35. The summed E-state index contributed by atoms with van der Waals surface area (Å²) in [5.41, 5.74) is 1.17. The molecule has 0 radical (unpaired) electrons. The van der Waals surface area contributed by atoms with E-state index in [1.165, 1.54) is 18.9 Å². The molecule has 0 saturated carbocycles. The zero-order valence-corrected chi connectivity index (χ0v) is 11.9. The summed E-state index contributed by atoms with van der Waals surface area (Å²) < 4.78 is 9.82. The molecule has 20 heavy (non-hydrogen) atoms. The number of methoxy groups -OCH3 is 2. The Bertz CT molecular complexity index is 480. The largest absolute Gasteiger partial charge is 0.497 e. The summed E-state index contributed by atoms with van der Waals surface area (Å²) in [5, 5.41) is 0. The van der Waals surface area contributed by atoms with Crippen LogP contribution in [0.15, 0.2) is 36.5 Å². The van der Waals surface area contributed by atoms with Gasteiger partial charge in [-0.15, -0.1) is 0 Å². The van der Waals surface area contributed by atoms with Gasteiger partial charge in [-0.2, -0.15) is 0 Å². The second kappa shape index (κ2) is 6.84. The van der Waals surface area contributed by atoms with E-state index in [9.17, 15) is 4.79 Å². The topological polar surface area (TPSA) is 42.0 Å². The van der Waals surface area contributed by atoms with E-state index in [-0.39, 0.29) is 5.97 Å². The van der Waals surface area contributed by atoms with E-state index >= 15 is 0 Å². The predicted octanol–water partition coefficient (Wildman–Crippen LogP) is 1.50. The third-order valence-corrected chi connectivity index (χ3v) is 3.36. The van der Waals surface area contributed by atoms with Gasteiger partial charge in [0.1, 0.15) is 5.75 Å². The Morgan fingerprint density at radius 2 is 1.95 bits per heavy atom. The van der Waals surface area contributed by atoms with E-state index in [0.29, 0.717) is 0 Å². The molecule has 2 rings (SSSR count). The summed E-state index contributed by atoms with van der Waals surface area (Å²) in [5.74, 6) is 0.552. The van der Waals surface area contributed by atoms with Gasteiger partial charge in [0.15, 0.2) is 0 Å². The van der Waals surface area contributed by atoms with E-state index in [2.05, 4.69) is 20.6 Å². The Hall–Kier alpha value is -2.17. The van der Waals surface area contributed by atoms with Crippen LogP contribution in [-0.2, 0) is 9.53 Å². The van der Waals surface area contributed by atoms with E-state index in [1.807, 2.05) is 18.2 Å². The number of benzene rings is 1. The van der Waals surface area contributed by atoms with Crippen molar-refractivity contribution in [1.29, 1.82) is 0 Å². The number of esters is 1. The first-order valence-electron chi connectivity index (χ1n) is 6.62. The van der Waals surface area contributed by atoms with Gasteiger partial charge in [0, 0.05) is 50.2 Å². The molecule has 0 N–H and O–H groups in total. The van der Waals surface area contributed by atoms with Gasteiger partial charge in [0.25, 0.3) is 0 Å². The average Bonchev–Trinajstić information content (AvgIpc) is 2.53. The fraction of sp³-hybridized carbons (Fsp3) is 0.400. The molecule has 0 aromatic heterocycles. The van der Waals surface area contributed by atoms with Crippen molar-refractivity contribution in [2.24, 2.45) is 0 Å². The van der Waals surface area contributed by atoms with Crippen molar-refractivity contribution >= 4 is 11.7 Å². The lowest BCUT2D eigenvalue weighted by molar-refractivity contribution is -0.134. The molecule has 0 bridgehead atoms. The van der Waals surface area contributed by atoms with Crippen LogP contribution in [0.3, 0.4) is 0 Å². The highest BCUT2D eigenvalue weighted by molar-refractivity contribution is 5.81. The van der Waals surface area contributed by atoms with Crippen LogP contribution in [-0.4, -0.2) is 51.3 Å². The molecule has 1 aliphatic rings. The first-order valence-corrected chi connectivity index (χ1v) is 6.62. The second-order valence-corrected chi connectivity index (χ2v) is 4.56. The zero-order valence-electron chi connectivity index (χ0n) is 11.9. The summed E-state index contributed by atoms with van der Waals surface area (Å²) in [6.07, 6.45) is 3.26. The lowest BCUT2D eigenvalue weighted by atomic mass is 10.2. The monoisotopic (exact) mass is 276 g/mol. The van der Waals surface area contributed by atoms with Crippen molar-refractivity contribution < 1.29 is 14.3 Å². The number of carbonyl (C=O) groups excluding carboxylic acids is 1. The molecule has 0 spiro atoms. The minimum atomic E-state index is -0.319. The quantitative estimate of drug-likeness (QED) is 0.616. The normalized spacial score (nSPS) is 15.5. The second-order valence-electron chi connectivity index (χ2n) is 4.56. The number of piperazine rings is 1. The summed E-state index contributed by atoms with van der Waals surface area (Å²) in [6.45, 7) is 3.59. The third-order valence-electron chi connectivity index (χ3n) is 3.36. The van der Waals surface area contributed by atoms with Crippen LogP contribution in [0.5, 0.6) is 5.75 Å². The van der Waals surface area contributed by atoms with E-state index in [1.54, 1.807) is 13.3 Å². The molecule has 1 fully saturated rings. The van der Waals surface area contributed by atoms with Gasteiger partial charge in [-0.05, 0) is 12.1 Å². The van der Waals surface area contributed by atoms with Gasteiger partial charge < -0.3 is 19.3 Å². The Kier molecular flexibility index (Phi) is 4.87. The number of anilines is 1. The van der Waals surface area contributed by atoms with E-state index in [0.717, 1.165) is 31.9 Å². The number of ether oxygens (including phenoxy) is 2. The van der Waals surface area contributed by atoms with Crippen molar-refractivity contribution in [3.05, 3.63) is 36.5 Å². The van der Waals surface area contributed by atoms with Gasteiger partial charge >= 0.3 is 5.97 Å². The average molecular weight is 276 g/mol. The molecule has 0 aliphatic carbocycles. The van der Waals surface area contributed by atoms with Crippen molar-refractivity contribution in [1.82, 2.24) is 4.90 Å². The van der Waals surface area contributed by atoms with Gasteiger partial charge in [-0.3, -0.25) is 0 Å². The molecule has 1 saturated heterocycles. The molecule has 5 nitrogen and oxygen atoms in total. The standard InChI is InChI=1S/C15H20N2O3/c1-19-14-5-3-4-13(12-14)17-10-8-16(9-11-17)7-6-15(18)20-2/h3-7,12H,8-11H2,1-2H3/b7-6+. The maximum absolute atomic E-state index is 11.1. The molecule has 1 heterocycles. The van der Waals surface area contributed by atoms with Crippen molar-refractivity contribution in [3.8, 4) is 5.75 Å². The summed E-state index contributed by atoms with van der Waals surface area (Å²) in [6, 6.07) is 8.07. The molecule has 108 valence electrons. The molecular formula is C15H20N2O3. The number of carbonyl (C=O) groups is 1. The van der Waals surface area contributed by atoms with Crippen LogP contribution in [0.25, 0.3) is 0 Å². The van der Waals surface area contributed by atoms with Gasteiger partial charge in [0.2, 0.25) is 0 Å². The third kappa shape index (κ3) is 3.66. The summed E-state index contributed by atoms with van der Waals surface area (Å²) in [7, 11) is 3.06. The first-order chi connectivity index (χ1) is 9.72. The molecule has 5 heteroatoms. The Morgan fingerprint density at radius 3 is 2.60 bits per heavy atom. The lowest BCUT2D eigenvalue weighted by Crippen LogP contribution is -2.44. The van der Waals surface area contributed by atoms with Crippen molar-refractivity contribution in [2.45, 2.75) is 0 Å². The first kappa shape index (κ1) is 14.2. The van der Waals surface area contributed by atoms with E-state index in [4.69, 9.17) is 4.74 Å². The highest BCUT2D eigenvalue weighted by Crippen LogP contribution is 2.22. The Morgan fingerprint density at radius 1 is 1.20 bits per heavy atom. The SMILES string of the molecule is COC(=O)/C=C/N1CCN(c2cccc(OC)c2)CC1. The molecule has 1 aromatic rings. The molecular weight excluding hydrogens is 256 g/mol. The fourth-order valence-corrected chi connectivity index (χ4v) is 2.17. The number of rotatable bonds is 4. The smallest absolute Gasteiger partial charge is 0.331 e. The molecule has 1 aliphatic heterocycles. The predicted molar refractivity (Wildman–Crippen MR) is 77.9 cm³/mol. The Labute approximate surface area is 119 Å². The van der Waals surface area contributed by atoms with Crippen LogP contribution >= 0.6 is 0 Å². The zero-order chi connectivity index (χ0) is 14.4.